The first kappa shape index (κ1) is 22.1. The monoisotopic (exact) mass is 432 g/mol. The molecule has 1 aliphatic rings. The molecule has 1 N–H and O–H groups in total. The Balaban J connectivity index is 1.28. The van der Waals surface area contributed by atoms with Crippen molar-refractivity contribution in [2.75, 3.05) is 26.7 Å². The molecule has 0 bridgehead atoms. The zero-order chi connectivity index (χ0) is 22.5. The van der Waals surface area contributed by atoms with Crippen molar-refractivity contribution < 1.29 is 9.53 Å². The summed E-state index contributed by atoms with van der Waals surface area (Å²) >= 11 is 0. The summed E-state index contributed by atoms with van der Waals surface area (Å²) in [4.78, 5) is 19.8. The van der Waals surface area contributed by atoms with Gasteiger partial charge in [0.05, 0.1) is 12.7 Å². The number of likely N-dealkylation sites (tertiary alicyclic amines) is 1. The second kappa shape index (κ2) is 10.0. The highest BCUT2D eigenvalue weighted by Gasteiger charge is 2.22. The van der Waals surface area contributed by atoms with Crippen LogP contribution in [0.3, 0.4) is 0 Å². The van der Waals surface area contributed by atoms with Crippen LogP contribution in [0.5, 0.6) is 5.75 Å². The fourth-order valence-corrected chi connectivity index (χ4v) is 4.50. The van der Waals surface area contributed by atoms with Gasteiger partial charge in [0.1, 0.15) is 11.6 Å². The highest BCUT2D eigenvalue weighted by atomic mass is 16.5. The van der Waals surface area contributed by atoms with Crippen LogP contribution < -0.4 is 10.1 Å². The van der Waals surface area contributed by atoms with Gasteiger partial charge in [-0.25, -0.2) is 4.98 Å². The number of hydrogen-bond acceptors (Lipinski definition) is 4. The van der Waals surface area contributed by atoms with E-state index < -0.39 is 0 Å². The van der Waals surface area contributed by atoms with Crippen molar-refractivity contribution in [3.05, 3.63) is 77.2 Å². The molecule has 32 heavy (non-hydrogen) atoms. The third-order valence-corrected chi connectivity index (χ3v) is 6.38. The van der Waals surface area contributed by atoms with Gasteiger partial charge in [0.25, 0.3) is 5.91 Å². The maximum absolute atomic E-state index is 12.9. The zero-order valence-corrected chi connectivity index (χ0v) is 19.2. The van der Waals surface area contributed by atoms with Crippen molar-refractivity contribution in [3.63, 3.8) is 0 Å². The number of amides is 1. The Morgan fingerprint density at radius 2 is 1.88 bits per heavy atom. The van der Waals surface area contributed by atoms with Gasteiger partial charge in [-0.1, -0.05) is 18.2 Å². The molecule has 4 rings (SSSR count). The summed E-state index contributed by atoms with van der Waals surface area (Å²) in [5.41, 5.74) is 3.97. The van der Waals surface area contributed by atoms with Gasteiger partial charge in [0.2, 0.25) is 0 Å². The number of nitrogens with zero attached hydrogens (tertiary/aromatic N) is 3. The average Bonchev–Trinajstić information content (AvgIpc) is 3.13. The molecule has 3 heterocycles. The third kappa shape index (κ3) is 5.02. The smallest absolute Gasteiger partial charge is 0.253 e. The Kier molecular flexibility index (Phi) is 6.90. The topological polar surface area (TPSA) is 59.4 Å². The van der Waals surface area contributed by atoms with E-state index in [-0.39, 0.29) is 5.91 Å². The first-order valence-corrected chi connectivity index (χ1v) is 11.3. The Bertz CT molecular complexity index is 1040. The number of pyridine rings is 1. The normalized spacial score (nSPS) is 15.0. The Hall–Kier alpha value is -3.12. The second-order valence-electron chi connectivity index (χ2n) is 8.59. The molecule has 0 unspecified atom stereocenters. The molecule has 0 atom stereocenters. The summed E-state index contributed by atoms with van der Waals surface area (Å²) < 4.78 is 7.27. The summed E-state index contributed by atoms with van der Waals surface area (Å²) in [6, 6.07) is 16.1. The van der Waals surface area contributed by atoms with E-state index in [1.54, 1.807) is 13.3 Å². The molecule has 1 saturated heterocycles. The number of piperidine rings is 1. The van der Waals surface area contributed by atoms with Gasteiger partial charge in [-0.2, -0.15) is 0 Å². The molecule has 1 amide bonds. The Labute approximate surface area is 190 Å². The molecule has 0 radical (unpaired) electrons. The van der Waals surface area contributed by atoms with Crippen molar-refractivity contribution >= 4 is 5.91 Å². The quantitative estimate of drug-likeness (QED) is 0.610. The zero-order valence-electron chi connectivity index (χ0n) is 19.2. The van der Waals surface area contributed by atoms with E-state index in [0.717, 1.165) is 67.5 Å². The molecular formula is C26H32N4O2. The average molecular weight is 433 g/mol. The molecule has 1 aromatic carbocycles. The number of nitrogens with one attached hydrogen (secondary N) is 1. The lowest BCUT2D eigenvalue weighted by Crippen LogP contribution is -2.38. The molecule has 3 aromatic rings. The molecule has 6 heteroatoms. The molecule has 1 fully saturated rings. The van der Waals surface area contributed by atoms with Gasteiger partial charge >= 0.3 is 0 Å². The molecule has 0 spiro atoms. The van der Waals surface area contributed by atoms with E-state index >= 15 is 0 Å². The van der Waals surface area contributed by atoms with E-state index in [2.05, 4.69) is 27.3 Å². The van der Waals surface area contributed by atoms with Crippen molar-refractivity contribution in [2.45, 2.75) is 33.2 Å². The van der Waals surface area contributed by atoms with Crippen LogP contribution >= 0.6 is 0 Å². The summed E-state index contributed by atoms with van der Waals surface area (Å²) in [5, 5.41) is 3.17. The minimum absolute atomic E-state index is 0.000874. The predicted octanol–water partition coefficient (Wildman–Crippen LogP) is 4.14. The minimum Gasteiger partial charge on any atom is -0.497 e. The molecule has 6 nitrogen and oxygen atoms in total. The van der Waals surface area contributed by atoms with E-state index in [4.69, 9.17) is 4.74 Å². The van der Waals surface area contributed by atoms with Crippen LogP contribution in [-0.2, 0) is 6.54 Å². The number of ether oxygens (including phenoxy) is 1. The number of benzene rings is 1. The summed E-state index contributed by atoms with van der Waals surface area (Å²) in [6.45, 7) is 7.79. The summed E-state index contributed by atoms with van der Waals surface area (Å²) in [6.07, 6.45) is 3.97. The lowest BCUT2D eigenvalue weighted by molar-refractivity contribution is 0.0934. The summed E-state index contributed by atoms with van der Waals surface area (Å²) in [7, 11) is 1.69. The lowest BCUT2D eigenvalue weighted by atomic mass is 9.96. The number of rotatable bonds is 7. The van der Waals surface area contributed by atoms with Gasteiger partial charge in [-0.15, -0.1) is 0 Å². The lowest BCUT2D eigenvalue weighted by Gasteiger charge is -2.32. The van der Waals surface area contributed by atoms with Gasteiger partial charge in [-0.05, 0) is 81.6 Å². The van der Waals surface area contributed by atoms with Gasteiger partial charge in [0, 0.05) is 30.7 Å². The molecule has 0 aliphatic carbocycles. The van der Waals surface area contributed by atoms with Crippen LogP contribution in [0.25, 0.3) is 5.82 Å². The van der Waals surface area contributed by atoms with Crippen LogP contribution in [0, 0.1) is 19.8 Å². The fourth-order valence-electron chi connectivity index (χ4n) is 4.50. The first-order chi connectivity index (χ1) is 15.5. The van der Waals surface area contributed by atoms with Crippen molar-refractivity contribution in [1.82, 2.24) is 19.8 Å². The molecular weight excluding hydrogens is 400 g/mol. The maximum atomic E-state index is 12.9. The van der Waals surface area contributed by atoms with Gasteiger partial charge in [0.15, 0.2) is 0 Å². The molecule has 1 aliphatic heterocycles. The van der Waals surface area contributed by atoms with Crippen LogP contribution in [0.4, 0.5) is 0 Å². The Morgan fingerprint density at radius 1 is 1.12 bits per heavy atom. The summed E-state index contributed by atoms with van der Waals surface area (Å²) in [5.74, 6) is 2.25. The SMILES string of the molecule is COc1ccc(CN2CCC(CNC(=O)c3cc(C)n(-c4ccccn4)c3C)CC2)cc1. The highest BCUT2D eigenvalue weighted by Crippen LogP contribution is 2.22. The number of aromatic nitrogens is 2. The van der Waals surface area contributed by atoms with Gasteiger partial charge < -0.3 is 14.6 Å². The molecule has 2 aromatic heterocycles. The van der Waals surface area contributed by atoms with Crippen LogP contribution in [-0.4, -0.2) is 47.1 Å². The minimum atomic E-state index is 0.000874. The molecule has 0 saturated carbocycles. The standard InChI is InChI=1S/C26H32N4O2/c1-19-16-24(20(2)30(19)25-6-4-5-13-27-25)26(31)28-17-21-11-14-29(15-12-21)18-22-7-9-23(32-3)10-8-22/h4-10,13,16,21H,11-12,14-15,17-18H2,1-3H3,(H,28,31). The van der Waals surface area contributed by atoms with Crippen molar-refractivity contribution in [3.8, 4) is 11.6 Å². The third-order valence-electron chi connectivity index (χ3n) is 6.38. The van der Waals surface area contributed by atoms with E-state index in [0.29, 0.717) is 5.92 Å². The second-order valence-corrected chi connectivity index (χ2v) is 8.59. The van der Waals surface area contributed by atoms with E-state index in [9.17, 15) is 4.79 Å². The van der Waals surface area contributed by atoms with Gasteiger partial charge in [-0.3, -0.25) is 9.69 Å². The first-order valence-electron chi connectivity index (χ1n) is 11.3. The number of carbonyl (C=O) groups excluding carboxylic acids is 1. The fraction of sp³-hybridized carbons (Fsp3) is 0.385. The highest BCUT2D eigenvalue weighted by molar-refractivity contribution is 5.95. The largest absolute Gasteiger partial charge is 0.497 e. The van der Waals surface area contributed by atoms with Crippen molar-refractivity contribution in [1.29, 1.82) is 0 Å². The van der Waals surface area contributed by atoms with Crippen LogP contribution in [0.15, 0.2) is 54.7 Å². The van der Waals surface area contributed by atoms with Crippen molar-refractivity contribution in [2.24, 2.45) is 5.92 Å². The van der Waals surface area contributed by atoms with E-state index in [1.165, 1.54) is 5.56 Å². The number of methoxy groups -OCH3 is 1. The number of carbonyl (C=O) groups is 1. The predicted molar refractivity (Wildman–Crippen MR) is 126 cm³/mol. The number of hydrogen-bond donors (Lipinski definition) is 1. The Morgan fingerprint density at radius 3 is 2.53 bits per heavy atom. The number of aryl methyl sites for hydroxylation is 1. The maximum Gasteiger partial charge on any atom is 0.253 e. The van der Waals surface area contributed by atoms with Crippen LogP contribution in [0.2, 0.25) is 0 Å². The molecule has 168 valence electrons. The van der Waals surface area contributed by atoms with E-state index in [1.807, 2.05) is 54.8 Å². The van der Waals surface area contributed by atoms with Crippen LogP contribution in [0.1, 0.15) is 40.2 Å².